The van der Waals surface area contributed by atoms with E-state index in [1.165, 1.54) is 49.4 Å². The monoisotopic (exact) mass is 1610 g/mol. The number of ether oxygens (including phenoxy) is 3. The van der Waals surface area contributed by atoms with Gasteiger partial charge in [-0.25, -0.2) is 49.3 Å². The highest BCUT2D eigenvalue weighted by Crippen LogP contribution is 2.29. The number of aliphatic hydroxyl groups is 3. The summed E-state index contributed by atoms with van der Waals surface area (Å²) in [5.41, 5.74) is 14.9. The molecule has 5 heterocycles. The molecule has 4 aliphatic rings. The van der Waals surface area contributed by atoms with Gasteiger partial charge < -0.3 is 66.0 Å². The number of rotatable bonds is 23. The van der Waals surface area contributed by atoms with Crippen LogP contribution in [0.15, 0.2) is 151 Å². The molecule has 618 valence electrons. The Morgan fingerprint density at radius 1 is 0.614 bits per heavy atom. The van der Waals surface area contributed by atoms with E-state index < -0.39 is 135 Å². The van der Waals surface area contributed by atoms with Crippen molar-refractivity contribution in [3.63, 3.8) is 0 Å². The molecule has 4 saturated heterocycles. The molecule has 7 aromatic rings. The summed E-state index contributed by atoms with van der Waals surface area (Å²) in [5.74, 6) is -5.90. The molecule has 1 aromatic heterocycles. The third kappa shape index (κ3) is 24.8. The number of piperazine rings is 3. The molecule has 9 N–H and O–H groups in total. The Morgan fingerprint density at radius 3 is 1.65 bits per heavy atom. The van der Waals surface area contributed by atoms with Crippen LogP contribution in [0.1, 0.15) is 108 Å². The summed E-state index contributed by atoms with van der Waals surface area (Å²) in [6.07, 6.45) is -1.06. The van der Waals surface area contributed by atoms with Crippen LogP contribution in [-0.2, 0) is 68.4 Å². The van der Waals surface area contributed by atoms with Gasteiger partial charge in [-0.15, -0.1) is 0 Å². The quantitative estimate of drug-likeness (QED) is 0.0301. The van der Waals surface area contributed by atoms with Gasteiger partial charge in [0.25, 0.3) is 21.8 Å². The zero-order valence-corrected chi connectivity index (χ0v) is 66.3. The molecule has 0 radical (unpaired) electrons. The summed E-state index contributed by atoms with van der Waals surface area (Å²) in [5, 5.41) is 39.7. The highest BCUT2D eigenvalue weighted by molar-refractivity contribution is 7.89. The Bertz CT molecular complexity index is 4490. The number of carbonyl (C=O) groups is 5. The van der Waals surface area contributed by atoms with Crippen molar-refractivity contribution >= 4 is 39.9 Å². The van der Waals surface area contributed by atoms with Gasteiger partial charge in [0.05, 0.1) is 49.4 Å². The van der Waals surface area contributed by atoms with Crippen molar-refractivity contribution in [3.8, 4) is 0 Å². The number of benzene rings is 6. The summed E-state index contributed by atoms with van der Waals surface area (Å²) >= 11 is 0. The lowest BCUT2D eigenvalue weighted by Crippen LogP contribution is -2.65. The van der Waals surface area contributed by atoms with Gasteiger partial charge in [-0.05, 0) is 169 Å². The molecule has 114 heavy (non-hydrogen) atoms. The molecule has 32 heteroatoms. The normalized spacial score (nSPS) is 19.5. The number of aryl methyl sites for hydroxylation is 2. The zero-order chi connectivity index (χ0) is 83.1. The summed E-state index contributed by atoms with van der Waals surface area (Å²) in [4.78, 5) is 78.6. The first-order valence-corrected chi connectivity index (χ1v) is 39.2. The molecule has 25 nitrogen and oxygen atoms in total. The largest absolute Gasteiger partial charge is 0.444 e. The Labute approximate surface area is 661 Å². The predicted molar refractivity (Wildman–Crippen MR) is 413 cm³/mol. The molecular formula is C82H104F6N12O13S. The molecule has 4 aliphatic heterocycles. The first-order valence-electron chi connectivity index (χ1n) is 37.7. The number of nitrogens with one attached hydrogen (secondary N) is 2. The summed E-state index contributed by atoms with van der Waals surface area (Å²) in [7, 11) is -0.751. The van der Waals surface area contributed by atoms with Gasteiger partial charge in [0, 0.05) is 140 Å². The highest BCUT2D eigenvalue weighted by Gasteiger charge is 2.46. The van der Waals surface area contributed by atoms with E-state index in [9.17, 15) is 74.1 Å². The topological polar surface area (TPSA) is 321 Å². The standard InChI is InChI=1S/C32H40F2N6O6S.C25H31F2N3O4.C25H33F2N3O3/c1-20-9-22(14-23(10-20)32(43)40-7-4-5-26(40)18-46-3)31(42)37-27(13-21-11-24(33)15-25(34)12-21)30(41)28-16-39(8-6-35-28)47(44,45)29-17-38(2)19-36-29;1-25(2,3)34-24(33)30-10-9-29(15-16-7-5-4-6-8-16)23(32)21(30)22(31)20(28)13-17-11-18(26)14-19(27)12-17;1-25(2,3)33-24(32)30-10-9-29(15-17-7-5-4-6-8-17)16-22(30)23(31)21(28)13-18-11-19(26)14-20(27)12-18/h9-12,14-15,17,19,26-28,30,35,41H,4-8,13,16,18H2,1-3H3,(H,37,42);4-8,11-12,14,20-22,31H,9-10,13,15,28H2,1-3H3;4-8,11-12,14,21-23,31H,9-10,13,15-16,28H2,1-3H3/t26-,27+,28-,30+;20?,21-,22-;21?,22-,23+/m101/s1. The number of carbonyl (C=O) groups excluding carboxylic acids is 5. The van der Waals surface area contributed by atoms with E-state index in [-0.39, 0.29) is 85.7 Å². The number of sulfonamides is 1. The van der Waals surface area contributed by atoms with Crippen LogP contribution >= 0.6 is 0 Å². The second kappa shape index (κ2) is 39.3. The van der Waals surface area contributed by atoms with Crippen LogP contribution in [0.5, 0.6) is 0 Å². The third-order valence-corrected chi connectivity index (χ3v) is 21.4. The van der Waals surface area contributed by atoms with Crippen molar-refractivity contribution in [3.05, 3.63) is 225 Å². The number of imidazole rings is 1. The summed E-state index contributed by atoms with van der Waals surface area (Å²) in [6, 6.07) is 27.3. The molecule has 6 aromatic carbocycles. The number of methoxy groups -OCH3 is 1. The summed E-state index contributed by atoms with van der Waals surface area (Å²) in [6.45, 7) is 16.1. The predicted octanol–water partition coefficient (Wildman–Crippen LogP) is 7.78. The number of aliphatic hydroxyl groups excluding tert-OH is 3. The molecule has 0 bridgehead atoms. The van der Waals surface area contributed by atoms with Gasteiger partial charge in [0.2, 0.25) is 5.91 Å². The van der Waals surface area contributed by atoms with E-state index in [2.05, 4.69) is 20.5 Å². The van der Waals surface area contributed by atoms with E-state index in [1.54, 1.807) is 84.6 Å². The van der Waals surface area contributed by atoms with Crippen LogP contribution in [0.3, 0.4) is 0 Å². The van der Waals surface area contributed by atoms with Gasteiger partial charge in [-0.1, -0.05) is 60.7 Å². The first-order chi connectivity index (χ1) is 53.8. The SMILES string of the molecule is CC(C)(C)OC(=O)N1CCN(Cc2ccccc2)C(=O)[C@@H]1[C@@H](O)C(N)Cc1cc(F)cc(F)c1.CC(C)(C)OC(=O)N1CCN(Cc2ccccc2)C[C@@H]1[C@@H](O)C(N)Cc1cc(F)cc(F)c1.COC[C@H]1CCCN1C(=O)c1cc(C)cc(C(=O)N[C@@H](Cc2cc(F)cc(F)c2)[C@H](O)[C@H]2CN(S(=O)(=O)c3cn(C)cn3)CCN2)c1. The van der Waals surface area contributed by atoms with Gasteiger partial charge in [-0.2, -0.15) is 4.31 Å². The van der Waals surface area contributed by atoms with Gasteiger partial charge in [-0.3, -0.25) is 29.1 Å². The maximum Gasteiger partial charge on any atom is 0.411 e. The van der Waals surface area contributed by atoms with Crippen LogP contribution in [0.2, 0.25) is 0 Å². The average Bonchev–Trinajstić information content (AvgIpc) is 1.11. The third-order valence-electron chi connectivity index (χ3n) is 19.7. The maximum atomic E-state index is 14.1. The maximum absolute atomic E-state index is 14.1. The molecule has 11 rings (SSSR count). The fourth-order valence-electron chi connectivity index (χ4n) is 14.4. The minimum absolute atomic E-state index is 0.0627. The van der Waals surface area contributed by atoms with E-state index in [1.807, 2.05) is 60.7 Å². The zero-order valence-electron chi connectivity index (χ0n) is 65.5. The number of nitrogens with zero attached hydrogens (tertiary/aromatic N) is 8. The lowest BCUT2D eigenvalue weighted by Gasteiger charge is -2.44. The molecule has 2 unspecified atom stereocenters. The Kier molecular flexibility index (Phi) is 30.6. The van der Waals surface area contributed by atoms with Crippen molar-refractivity contribution in [2.24, 2.45) is 18.5 Å². The number of hydrogen-bond donors (Lipinski definition) is 7. The van der Waals surface area contributed by atoms with Gasteiger partial charge in [0.1, 0.15) is 52.1 Å². The van der Waals surface area contributed by atoms with Crippen LogP contribution < -0.4 is 22.1 Å². The highest BCUT2D eigenvalue weighted by atomic mass is 32.2. The number of hydrogen-bond acceptors (Lipinski definition) is 18. The number of nitrogens with two attached hydrogens (primary N) is 2. The molecule has 10 atom stereocenters. The van der Waals surface area contributed by atoms with Crippen LogP contribution in [0.25, 0.3) is 0 Å². The minimum Gasteiger partial charge on any atom is -0.444 e. The van der Waals surface area contributed by atoms with Crippen molar-refractivity contribution < 1.29 is 88.3 Å². The lowest BCUT2D eigenvalue weighted by atomic mass is 9.94. The van der Waals surface area contributed by atoms with E-state index >= 15 is 0 Å². The Morgan fingerprint density at radius 2 is 1.12 bits per heavy atom. The van der Waals surface area contributed by atoms with Gasteiger partial charge >= 0.3 is 12.2 Å². The lowest BCUT2D eigenvalue weighted by molar-refractivity contribution is -0.148. The van der Waals surface area contributed by atoms with E-state index in [0.717, 1.165) is 66.4 Å². The molecule has 4 fully saturated rings. The van der Waals surface area contributed by atoms with Crippen molar-refractivity contribution in [2.45, 2.75) is 170 Å². The number of amides is 5. The molecule has 0 saturated carbocycles. The van der Waals surface area contributed by atoms with Crippen LogP contribution in [0, 0.1) is 41.8 Å². The number of likely N-dealkylation sites (tertiary alicyclic amines) is 1. The van der Waals surface area contributed by atoms with E-state index in [0.29, 0.717) is 62.6 Å². The van der Waals surface area contributed by atoms with E-state index in [4.69, 9.17) is 25.7 Å². The molecule has 5 amide bonds. The first kappa shape index (κ1) is 88.6. The summed E-state index contributed by atoms with van der Waals surface area (Å²) < 4.78 is 128. The van der Waals surface area contributed by atoms with Crippen molar-refractivity contribution in [2.75, 3.05) is 72.6 Å². The molecule has 0 aliphatic carbocycles. The Balaban J connectivity index is 0.000000200. The number of aromatic nitrogens is 2. The fraction of sp³-hybridized carbons (Fsp3) is 0.463. The second-order valence-electron chi connectivity index (χ2n) is 31.3. The van der Waals surface area contributed by atoms with Crippen molar-refractivity contribution in [1.82, 2.24) is 49.0 Å². The minimum atomic E-state index is -3.98. The van der Waals surface area contributed by atoms with Crippen LogP contribution in [0.4, 0.5) is 35.9 Å². The average molecular weight is 1610 g/mol. The van der Waals surface area contributed by atoms with Crippen LogP contribution in [-0.4, -0.2) is 236 Å². The number of halogens is 6. The second-order valence-corrected chi connectivity index (χ2v) is 33.2. The smallest absolute Gasteiger partial charge is 0.411 e. The Hall–Kier alpha value is -9.35. The molecular weight excluding hydrogens is 1510 g/mol. The van der Waals surface area contributed by atoms with Crippen molar-refractivity contribution in [1.29, 1.82) is 0 Å². The molecule has 0 spiro atoms. The fourth-order valence-corrected chi connectivity index (χ4v) is 15.8. The van der Waals surface area contributed by atoms with Gasteiger partial charge in [0.15, 0.2) is 5.03 Å².